The van der Waals surface area contributed by atoms with Crippen LogP contribution in [0.5, 0.6) is 0 Å². The smallest absolute Gasteiger partial charge is 0.264 e. The molecule has 100 valence electrons. The third-order valence-electron chi connectivity index (χ3n) is 2.93. The van der Waals surface area contributed by atoms with Crippen molar-refractivity contribution in [3.05, 3.63) is 64.8 Å². The molecule has 0 saturated heterocycles. The van der Waals surface area contributed by atoms with E-state index in [-0.39, 0.29) is 5.56 Å². The topological polar surface area (TPSA) is 52.7 Å². The first kappa shape index (κ1) is 12.6. The van der Waals surface area contributed by atoms with Crippen molar-refractivity contribution < 1.29 is 0 Å². The number of benzene rings is 1. The van der Waals surface area contributed by atoms with Gasteiger partial charge in [0.15, 0.2) is 5.65 Å². The maximum Gasteiger partial charge on any atom is 0.264 e. The largest absolute Gasteiger partial charge is 0.295 e. The van der Waals surface area contributed by atoms with E-state index in [1.165, 1.54) is 17.1 Å². The van der Waals surface area contributed by atoms with Gasteiger partial charge in [-0.15, -0.1) is 6.58 Å². The molecule has 0 N–H and O–H groups in total. The third-order valence-corrected chi connectivity index (χ3v) is 3.17. The van der Waals surface area contributed by atoms with Gasteiger partial charge in [0.25, 0.3) is 5.56 Å². The van der Waals surface area contributed by atoms with Crippen molar-refractivity contribution in [1.82, 2.24) is 19.3 Å². The van der Waals surface area contributed by atoms with E-state index in [0.29, 0.717) is 22.6 Å². The first-order valence-corrected chi connectivity index (χ1v) is 6.38. The molecular formula is C14H11ClN4O. The van der Waals surface area contributed by atoms with Gasteiger partial charge in [-0.3, -0.25) is 9.36 Å². The summed E-state index contributed by atoms with van der Waals surface area (Å²) in [6.07, 6.45) is 4.66. The molecule has 1 aromatic carbocycles. The van der Waals surface area contributed by atoms with Crippen molar-refractivity contribution in [1.29, 1.82) is 0 Å². The van der Waals surface area contributed by atoms with Crippen LogP contribution in [0, 0.1) is 0 Å². The van der Waals surface area contributed by atoms with Gasteiger partial charge in [-0.25, -0.2) is 9.67 Å². The SMILES string of the molecule is C=CCn1cnc2c(cnn2-c2cccc(Cl)c2)c1=O. The molecule has 0 aliphatic carbocycles. The summed E-state index contributed by atoms with van der Waals surface area (Å²) in [6.45, 7) is 4.04. The van der Waals surface area contributed by atoms with Gasteiger partial charge in [-0.1, -0.05) is 23.7 Å². The van der Waals surface area contributed by atoms with Crippen LogP contribution in [0.15, 0.2) is 54.2 Å². The van der Waals surface area contributed by atoms with Gasteiger partial charge < -0.3 is 0 Å². The van der Waals surface area contributed by atoms with E-state index in [0.717, 1.165) is 5.69 Å². The van der Waals surface area contributed by atoms with Gasteiger partial charge in [-0.2, -0.15) is 5.10 Å². The molecule has 0 bridgehead atoms. The molecule has 0 aliphatic rings. The molecule has 3 aromatic rings. The Balaban J connectivity index is 2.22. The molecule has 0 fully saturated rings. The Morgan fingerprint density at radius 1 is 1.40 bits per heavy atom. The fourth-order valence-corrected chi connectivity index (χ4v) is 2.20. The van der Waals surface area contributed by atoms with E-state index in [4.69, 9.17) is 11.6 Å². The lowest BCUT2D eigenvalue weighted by Gasteiger charge is -2.04. The van der Waals surface area contributed by atoms with E-state index in [1.807, 2.05) is 12.1 Å². The summed E-state index contributed by atoms with van der Waals surface area (Å²) in [5.74, 6) is 0. The number of rotatable bonds is 3. The highest BCUT2D eigenvalue weighted by Crippen LogP contribution is 2.17. The van der Waals surface area contributed by atoms with E-state index in [1.54, 1.807) is 22.9 Å². The number of allylic oxidation sites excluding steroid dienone is 1. The third kappa shape index (κ3) is 2.02. The van der Waals surface area contributed by atoms with Crippen molar-refractivity contribution in [2.45, 2.75) is 6.54 Å². The maximum atomic E-state index is 12.2. The number of aromatic nitrogens is 4. The van der Waals surface area contributed by atoms with Crippen LogP contribution in [0.25, 0.3) is 16.7 Å². The second kappa shape index (κ2) is 4.94. The second-order valence-electron chi connectivity index (χ2n) is 4.26. The van der Waals surface area contributed by atoms with Crippen molar-refractivity contribution in [3.8, 4) is 5.69 Å². The molecule has 5 nitrogen and oxygen atoms in total. The highest BCUT2D eigenvalue weighted by molar-refractivity contribution is 6.30. The van der Waals surface area contributed by atoms with Crippen LogP contribution >= 0.6 is 11.6 Å². The van der Waals surface area contributed by atoms with E-state index in [9.17, 15) is 4.79 Å². The van der Waals surface area contributed by atoms with Crippen molar-refractivity contribution in [2.75, 3.05) is 0 Å². The Kier molecular flexibility index (Phi) is 3.12. The van der Waals surface area contributed by atoms with Crippen LogP contribution < -0.4 is 5.56 Å². The molecule has 2 aromatic heterocycles. The molecule has 0 spiro atoms. The summed E-state index contributed by atoms with van der Waals surface area (Å²) in [5.41, 5.74) is 1.14. The highest BCUT2D eigenvalue weighted by Gasteiger charge is 2.11. The minimum atomic E-state index is -0.136. The minimum absolute atomic E-state index is 0.136. The van der Waals surface area contributed by atoms with Crippen LogP contribution in [0.3, 0.4) is 0 Å². The molecule has 0 amide bonds. The number of hydrogen-bond acceptors (Lipinski definition) is 3. The van der Waals surface area contributed by atoms with Crippen molar-refractivity contribution in [2.24, 2.45) is 0 Å². The molecule has 2 heterocycles. The molecule has 0 radical (unpaired) electrons. The molecular weight excluding hydrogens is 276 g/mol. The number of fused-ring (bicyclic) bond motifs is 1. The zero-order chi connectivity index (χ0) is 14.1. The lowest BCUT2D eigenvalue weighted by molar-refractivity contribution is 0.764. The molecule has 3 rings (SSSR count). The number of halogens is 1. The molecule has 0 atom stereocenters. The van der Waals surface area contributed by atoms with Gasteiger partial charge in [0.05, 0.1) is 11.9 Å². The lowest BCUT2D eigenvalue weighted by atomic mass is 10.3. The number of nitrogens with zero attached hydrogens (tertiary/aromatic N) is 4. The zero-order valence-electron chi connectivity index (χ0n) is 10.5. The maximum absolute atomic E-state index is 12.2. The van der Waals surface area contributed by atoms with Gasteiger partial charge in [0.2, 0.25) is 0 Å². The predicted molar refractivity (Wildman–Crippen MR) is 78.3 cm³/mol. The molecule has 20 heavy (non-hydrogen) atoms. The summed E-state index contributed by atoms with van der Waals surface area (Å²) < 4.78 is 3.08. The average molecular weight is 287 g/mol. The van der Waals surface area contributed by atoms with Crippen LogP contribution in [-0.2, 0) is 6.54 Å². The summed E-state index contributed by atoms with van der Waals surface area (Å²) in [7, 11) is 0. The summed E-state index contributed by atoms with van der Waals surface area (Å²) in [5, 5.41) is 5.29. The first-order chi connectivity index (χ1) is 9.70. The molecule has 6 heteroatoms. The monoisotopic (exact) mass is 286 g/mol. The van der Waals surface area contributed by atoms with Crippen LogP contribution in [0.4, 0.5) is 0 Å². The van der Waals surface area contributed by atoms with E-state index >= 15 is 0 Å². The van der Waals surface area contributed by atoms with Gasteiger partial charge in [-0.05, 0) is 18.2 Å². The average Bonchev–Trinajstić information content (AvgIpc) is 2.87. The van der Waals surface area contributed by atoms with Crippen molar-refractivity contribution >= 4 is 22.6 Å². The lowest BCUT2D eigenvalue weighted by Crippen LogP contribution is -2.19. The normalized spacial score (nSPS) is 10.8. The molecule has 0 unspecified atom stereocenters. The standard InChI is InChI=1S/C14H11ClN4O/c1-2-6-18-9-16-13-12(14(18)20)8-17-19(13)11-5-3-4-10(15)7-11/h2-5,7-9H,1,6H2. The second-order valence-corrected chi connectivity index (χ2v) is 4.70. The predicted octanol–water partition coefficient (Wildman–Crippen LogP) is 2.42. The summed E-state index contributed by atoms with van der Waals surface area (Å²) in [6, 6.07) is 7.23. The summed E-state index contributed by atoms with van der Waals surface area (Å²) >= 11 is 5.97. The van der Waals surface area contributed by atoms with Gasteiger partial charge >= 0.3 is 0 Å². The van der Waals surface area contributed by atoms with Crippen molar-refractivity contribution in [3.63, 3.8) is 0 Å². The van der Waals surface area contributed by atoms with E-state index in [2.05, 4.69) is 16.7 Å². The fourth-order valence-electron chi connectivity index (χ4n) is 2.01. The Morgan fingerprint density at radius 3 is 3.00 bits per heavy atom. The quantitative estimate of drug-likeness (QED) is 0.695. The van der Waals surface area contributed by atoms with E-state index < -0.39 is 0 Å². The van der Waals surface area contributed by atoms with Crippen LogP contribution in [0.2, 0.25) is 5.02 Å². The summed E-state index contributed by atoms with van der Waals surface area (Å²) in [4.78, 5) is 16.5. The highest BCUT2D eigenvalue weighted by atomic mass is 35.5. The Labute approximate surface area is 119 Å². The Bertz CT molecular complexity index is 850. The zero-order valence-corrected chi connectivity index (χ0v) is 11.3. The first-order valence-electron chi connectivity index (χ1n) is 6.00. The van der Waals surface area contributed by atoms with Gasteiger partial charge in [0.1, 0.15) is 11.7 Å². The Morgan fingerprint density at radius 2 is 2.25 bits per heavy atom. The Hall–Kier alpha value is -2.40. The van der Waals surface area contributed by atoms with Crippen LogP contribution in [0.1, 0.15) is 0 Å². The molecule has 0 aliphatic heterocycles. The fraction of sp³-hybridized carbons (Fsp3) is 0.0714. The minimum Gasteiger partial charge on any atom is -0.295 e. The van der Waals surface area contributed by atoms with Crippen LogP contribution in [-0.4, -0.2) is 19.3 Å². The van der Waals surface area contributed by atoms with Gasteiger partial charge in [0, 0.05) is 11.6 Å². The molecule has 0 saturated carbocycles. The number of hydrogen-bond donors (Lipinski definition) is 0.